The monoisotopic (exact) mass is 166 g/mol. The lowest BCUT2D eigenvalue weighted by Crippen LogP contribution is -2.42. The minimum atomic E-state index is 0.763. The smallest absolute Gasteiger partial charge is 0.0195 e. The van der Waals surface area contributed by atoms with Crippen LogP contribution in [0.1, 0.15) is 19.3 Å². The highest BCUT2D eigenvalue weighted by molar-refractivity contribution is 4.96. The lowest BCUT2D eigenvalue weighted by Gasteiger charge is -2.27. The summed E-state index contributed by atoms with van der Waals surface area (Å²) in [5, 5.41) is 3.58. The Morgan fingerprint density at radius 2 is 2.08 bits per heavy atom. The second-order valence-corrected chi connectivity index (χ2v) is 3.84. The summed E-state index contributed by atoms with van der Waals surface area (Å²) in [6, 6.07) is 0.763. The molecular weight excluding hydrogens is 148 g/mol. The van der Waals surface area contributed by atoms with Crippen LogP contribution < -0.4 is 5.32 Å². The first-order valence-electron chi connectivity index (χ1n) is 5.06. The van der Waals surface area contributed by atoms with E-state index in [-0.39, 0.29) is 0 Å². The molecule has 0 amide bonds. The Morgan fingerprint density at radius 3 is 2.75 bits per heavy atom. The molecule has 1 N–H and O–H groups in total. The van der Waals surface area contributed by atoms with Crippen molar-refractivity contribution in [2.45, 2.75) is 25.3 Å². The summed E-state index contributed by atoms with van der Waals surface area (Å²) < 4.78 is 0. The highest BCUT2D eigenvalue weighted by Gasteiger charge is 2.16. The van der Waals surface area contributed by atoms with Crippen LogP contribution in [0, 0.1) is 0 Å². The van der Waals surface area contributed by atoms with Crippen LogP contribution in [0.5, 0.6) is 0 Å². The van der Waals surface area contributed by atoms with Gasteiger partial charge in [-0.25, -0.2) is 0 Å². The van der Waals surface area contributed by atoms with Gasteiger partial charge in [-0.1, -0.05) is 18.6 Å². The van der Waals surface area contributed by atoms with E-state index in [1.807, 2.05) is 0 Å². The average molecular weight is 166 g/mol. The van der Waals surface area contributed by atoms with Crippen LogP contribution in [0.15, 0.2) is 12.2 Å². The van der Waals surface area contributed by atoms with E-state index in [0.29, 0.717) is 0 Å². The van der Waals surface area contributed by atoms with E-state index in [1.165, 1.54) is 32.4 Å². The molecular formula is C10H18N2. The highest BCUT2D eigenvalue weighted by atomic mass is 15.2. The van der Waals surface area contributed by atoms with Gasteiger partial charge in [-0.2, -0.15) is 0 Å². The molecule has 0 radical (unpaired) electrons. The molecule has 0 bridgehead atoms. The first-order chi connectivity index (χ1) is 5.95. The van der Waals surface area contributed by atoms with Gasteiger partial charge in [0.15, 0.2) is 0 Å². The van der Waals surface area contributed by atoms with Crippen molar-refractivity contribution >= 4 is 0 Å². The van der Waals surface area contributed by atoms with Crippen LogP contribution in [0.25, 0.3) is 0 Å². The maximum atomic E-state index is 3.58. The van der Waals surface area contributed by atoms with Gasteiger partial charge >= 0.3 is 0 Å². The predicted molar refractivity (Wildman–Crippen MR) is 51.2 cm³/mol. The van der Waals surface area contributed by atoms with Gasteiger partial charge in [-0.3, -0.25) is 4.90 Å². The summed E-state index contributed by atoms with van der Waals surface area (Å²) >= 11 is 0. The second kappa shape index (κ2) is 4.06. The fourth-order valence-electron chi connectivity index (χ4n) is 2.06. The van der Waals surface area contributed by atoms with Gasteiger partial charge in [0.1, 0.15) is 0 Å². The molecule has 12 heavy (non-hydrogen) atoms. The van der Waals surface area contributed by atoms with Crippen molar-refractivity contribution in [1.29, 1.82) is 0 Å². The number of rotatable bonds is 2. The van der Waals surface area contributed by atoms with E-state index >= 15 is 0 Å². The van der Waals surface area contributed by atoms with Gasteiger partial charge in [0.05, 0.1) is 0 Å². The maximum absolute atomic E-state index is 3.58. The number of nitrogens with zero attached hydrogens (tertiary/aromatic N) is 1. The molecule has 1 saturated heterocycles. The topological polar surface area (TPSA) is 15.3 Å². The molecule has 1 fully saturated rings. The largest absolute Gasteiger partial charge is 0.313 e. The van der Waals surface area contributed by atoms with E-state index in [0.717, 1.165) is 19.1 Å². The number of hydrogen-bond acceptors (Lipinski definition) is 2. The maximum Gasteiger partial charge on any atom is 0.0195 e. The summed E-state index contributed by atoms with van der Waals surface area (Å²) in [6.45, 7) is 4.80. The minimum absolute atomic E-state index is 0.763. The summed E-state index contributed by atoms with van der Waals surface area (Å²) in [5.74, 6) is 0. The fraction of sp³-hybridized carbons (Fsp3) is 0.800. The number of piperidine rings is 1. The van der Waals surface area contributed by atoms with Gasteiger partial charge < -0.3 is 5.32 Å². The zero-order chi connectivity index (χ0) is 8.23. The minimum Gasteiger partial charge on any atom is -0.313 e. The van der Waals surface area contributed by atoms with E-state index < -0.39 is 0 Å². The Labute approximate surface area is 74.6 Å². The van der Waals surface area contributed by atoms with Crippen LogP contribution in [0.4, 0.5) is 0 Å². The Bertz CT molecular complexity index is 151. The second-order valence-electron chi connectivity index (χ2n) is 3.84. The van der Waals surface area contributed by atoms with Gasteiger partial charge in [-0.15, -0.1) is 0 Å². The van der Waals surface area contributed by atoms with Gasteiger partial charge in [0, 0.05) is 25.7 Å². The van der Waals surface area contributed by atoms with Crippen LogP contribution in [0.3, 0.4) is 0 Å². The van der Waals surface area contributed by atoms with Crippen LogP contribution in [-0.2, 0) is 0 Å². The Balaban J connectivity index is 1.70. The Kier molecular flexibility index (Phi) is 2.79. The van der Waals surface area contributed by atoms with Gasteiger partial charge in [-0.05, 0) is 19.4 Å². The highest BCUT2D eigenvalue weighted by Crippen LogP contribution is 2.09. The van der Waals surface area contributed by atoms with Crippen molar-refractivity contribution in [2.75, 3.05) is 26.2 Å². The van der Waals surface area contributed by atoms with Crippen molar-refractivity contribution in [3.05, 3.63) is 12.2 Å². The average Bonchev–Trinajstić information content (AvgIpc) is 2.59. The standard InChI is InChI=1S/C10H18N2/c1-2-6-11-10(5-1)9-12-7-3-4-8-12/h3-4,10-11H,1-2,5-9H2/t10-/m1/s1. The SMILES string of the molecule is C1=CCN(C[C@H]2CCCCN2)C1. The fourth-order valence-corrected chi connectivity index (χ4v) is 2.06. The molecule has 1 atom stereocenters. The number of hydrogen-bond donors (Lipinski definition) is 1. The molecule has 0 aromatic rings. The van der Waals surface area contributed by atoms with Crippen molar-refractivity contribution in [1.82, 2.24) is 10.2 Å². The lowest BCUT2D eigenvalue weighted by molar-refractivity contribution is 0.271. The summed E-state index contributed by atoms with van der Waals surface area (Å²) in [5.41, 5.74) is 0. The molecule has 68 valence electrons. The molecule has 0 spiro atoms. The molecule has 0 aromatic carbocycles. The molecule has 0 aromatic heterocycles. The molecule has 0 unspecified atom stereocenters. The van der Waals surface area contributed by atoms with Crippen molar-refractivity contribution in [3.8, 4) is 0 Å². The normalized spacial score (nSPS) is 31.2. The zero-order valence-corrected chi connectivity index (χ0v) is 7.63. The van der Waals surface area contributed by atoms with Crippen LogP contribution in [-0.4, -0.2) is 37.1 Å². The van der Waals surface area contributed by atoms with Gasteiger partial charge in [0.25, 0.3) is 0 Å². The van der Waals surface area contributed by atoms with Crippen molar-refractivity contribution in [3.63, 3.8) is 0 Å². The number of nitrogens with one attached hydrogen (secondary N) is 1. The first-order valence-corrected chi connectivity index (χ1v) is 5.06. The third kappa shape index (κ3) is 2.08. The molecule has 0 saturated carbocycles. The third-order valence-corrected chi connectivity index (χ3v) is 2.78. The quantitative estimate of drug-likeness (QED) is 0.616. The summed E-state index contributed by atoms with van der Waals surface area (Å²) in [6.07, 6.45) is 8.69. The first kappa shape index (κ1) is 8.27. The molecule has 2 aliphatic heterocycles. The molecule has 2 heterocycles. The molecule has 2 rings (SSSR count). The van der Waals surface area contributed by atoms with Crippen molar-refractivity contribution in [2.24, 2.45) is 0 Å². The third-order valence-electron chi connectivity index (χ3n) is 2.78. The summed E-state index contributed by atoms with van der Waals surface area (Å²) in [4.78, 5) is 2.50. The zero-order valence-electron chi connectivity index (χ0n) is 7.63. The van der Waals surface area contributed by atoms with Crippen LogP contribution >= 0.6 is 0 Å². The predicted octanol–water partition coefficient (Wildman–Crippen LogP) is 1.00. The molecule has 2 aliphatic rings. The molecule has 2 heteroatoms. The Hall–Kier alpha value is -0.340. The Morgan fingerprint density at radius 1 is 1.25 bits per heavy atom. The van der Waals surface area contributed by atoms with Crippen LogP contribution in [0.2, 0.25) is 0 Å². The molecule has 0 aliphatic carbocycles. The summed E-state index contributed by atoms with van der Waals surface area (Å²) in [7, 11) is 0. The van der Waals surface area contributed by atoms with E-state index in [9.17, 15) is 0 Å². The lowest BCUT2D eigenvalue weighted by atomic mass is 10.0. The van der Waals surface area contributed by atoms with E-state index in [4.69, 9.17) is 0 Å². The van der Waals surface area contributed by atoms with Gasteiger partial charge in [0.2, 0.25) is 0 Å². The van der Waals surface area contributed by atoms with Crippen molar-refractivity contribution < 1.29 is 0 Å². The van der Waals surface area contributed by atoms with E-state index in [1.54, 1.807) is 0 Å². The molecule has 2 nitrogen and oxygen atoms in total. The van der Waals surface area contributed by atoms with E-state index in [2.05, 4.69) is 22.4 Å².